The van der Waals surface area contributed by atoms with Crippen LogP contribution in [0.5, 0.6) is 5.75 Å². The van der Waals surface area contributed by atoms with Crippen LogP contribution in [0.1, 0.15) is 19.6 Å². The summed E-state index contributed by atoms with van der Waals surface area (Å²) in [4.78, 5) is 0. The van der Waals surface area contributed by atoms with Crippen LogP contribution in [0.4, 0.5) is 10.1 Å². The topological polar surface area (TPSA) is 68.3 Å². The number of nitrogens with zero attached hydrogens (tertiary/aromatic N) is 1. The molecule has 0 fully saturated rings. The van der Waals surface area contributed by atoms with Gasteiger partial charge in [-0.3, -0.25) is 4.72 Å². The molecule has 5 nitrogen and oxygen atoms in total. The summed E-state index contributed by atoms with van der Waals surface area (Å²) in [7, 11) is -2.52. The van der Waals surface area contributed by atoms with Crippen LogP contribution >= 0.6 is 11.5 Å². The highest BCUT2D eigenvalue weighted by atomic mass is 32.2. The van der Waals surface area contributed by atoms with Gasteiger partial charge in [-0.2, -0.15) is 4.37 Å². The first-order valence-corrected chi connectivity index (χ1v) is 8.45. The Morgan fingerprint density at radius 2 is 2.14 bits per heavy atom. The van der Waals surface area contributed by atoms with E-state index in [4.69, 9.17) is 4.74 Å². The third-order valence-electron chi connectivity index (χ3n) is 2.83. The highest BCUT2D eigenvalue weighted by molar-refractivity contribution is 7.94. The third kappa shape index (κ3) is 3.33. The molecule has 1 aromatic carbocycles. The molecule has 1 aromatic heterocycles. The van der Waals surface area contributed by atoms with Crippen LogP contribution < -0.4 is 9.46 Å². The van der Waals surface area contributed by atoms with Crippen molar-refractivity contribution >= 4 is 27.2 Å². The molecule has 0 saturated heterocycles. The number of benzene rings is 1. The summed E-state index contributed by atoms with van der Waals surface area (Å²) < 4.78 is 49.8. The molecule has 2 aromatic rings. The summed E-state index contributed by atoms with van der Waals surface area (Å²) in [5, 5.41) is 0. The van der Waals surface area contributed by atoms with Crippen LogP contribution in [0.2, 0.25) is 0 Å². The first-order chi connectivity index (χ1) is 9.87. The van der Waals surface area contributed by atoms with E-state index in [-0.39, 0.29) is 17.1 Å². The van der Waals surface area contributed by atoms with E-state index in [0.717, 1.165) is 11.5 Å². The lowest BCUT2D eigenvalue weighted by molar-refractivity contribution is 0.388. The van der Waals surface area contributed by atoms with Crippen molar-refractivity contribution in [1.29, 1.82) is 0 Å². The van der Waals surface area contributed by atoms with Gasteiger partial charge in [-0.15, -0.1) is 0 Å². The number of anilines is 1. The predicted octanol–water partition coefficient (Wildman–Crippen LogP) is 3.21. The highest BCUT2D eigenvalue weighted by Gasteiger charge is 2.21. The molecule has 0 amide bonds. The number of aryl methyl sites for hydroxylation is 2. The Hall–Kier alpha value is -1.67. The molecule has 0 saturated carbocycles. The number of halogens is 1. The Bertz CT molecular complexity index is 763. The number of nitrogens with one attached hydrogen (secondary N) is 1. The van der Waals surface area contributed by atoms with E-state index < -0.39 is 15.8 Å². The molecule has 0 aliphatic rings. The van der Waals surface area contributed by atoms with Gasteiger partial charge in [-0.05, 0) is 48.6 Å². The molecule has 1 heterocycles. The fraction of sp³-hybridized carbons (Fsp3) is 0.308. The van der Waals surface area contributed by atoms with E-state index in [1.165, 1.54) is 19.2 Å². The normalized spacial score (nSPS) is 11.4. The van der Waals surface area contributed by atoms with Gasteiger partial charge >= 0.3 is 0 Å². The zero-order chi connectivity index (χ0) is 15.6. The van der Waals surface area contributed by atoms with Crippen molar-refractivity contribution < 1.29 is 19.0 Å². The number of hydrogen-bond acceptors (Lipinski definition) is 5. The van der Waals surface area contributed by atoms with E-state index >= 15 is 0 Å². The van der Waals surface area contributed by atoms with Crippen LogP contribution in [0.25, 0.3) is 0 Å². The minimum absolute atomic E-state index is 0. The van der Waals surface area contributed by atoms with Crippen molar-refractivity contribution in [3.05, 3.63) is 35.3 Å². The molecule has 0 spiro atoms. The van der Waals surface area contributed by atoms with Gasteiger partial charge in [0.15, 0.2) is 15.8 Å². The van der Waals surface area contributed by atoms with Crippen molar-refractivity contribution in [1.82, 2.24) is 4.37 Å². The highest BCUT2D eigenvalue weighted by Crippen LogP contribution is 2.32. The SMILES string of the molecule is CCc1cc(F)c(OC)c(NS(=O)(=O)c2cc(C)ns2)c1.[HH]. The Morgan fingerprint density at radius 3 is 2.67 bits per heavy atom. The number of hydrogen-bond donors (Lipinski definition) is 1. The quantitative estimate of drug-likeness (QED) is 0.913. The second-order valence-electron chi connectivity index (χ2n) is 4.40. The number of ether oxygens (including phenoxy) is 1. The summed E-state index contributed by atoms with van der Waals surface area (Å²) in [6.45, 7) is 3.56. The van der Waals surface area contributed by atoms with Crippen LogP contribution in [-0.4, -0.2) is 19.9 Å². The molecule has 0 aliphatic carbocycles. The van der Waals surface area contributed by atoms with Gasteiger partial charge in [0, 0.05) is 1.43 Å². The first-order valence-electron chi connectivity index (χ1n) is 6.20. The number of sulfonamides is 1. The lowest BCUT2D eigenvalue weighted by Crippen LogP contribution is -2.13. The summed E-state index contributed by atoms with van der Waals surface area (Å²) in [6.07, 6.45) is 0.579. The van der Waals surface area contributed by atoms with Crippen molar-refractivity contribution in [3.8, 4) is 5.75 Å². The number of aromatic nitrogens is 1. The maximum Gasteiger partial charge on any atom is 0.273 e. The minimum Gasteiger partial charge on any atom is -0.492 e. The average Bonchev–Trinajstić information content (AvgIpc) is 2.85. The Kier molecular flexibility index (Phi) is 4.48. The zero-order valence-corrected chi connectivity index (χ0v) is 13.4. The van der Waals surface area contributed by atoms with Gasteiger partial charge in [0.2, 0.25) is 0 Å². The predicted molar refractivity (Wildman–Crippen MR) is 82.1 cm³/mol. The molecular formula is C13H17FN2O3S2. The summed E-state index contributed by atoms with van der Waals surface area (Å²) in [5.41, 5.74) is 1.37. The Balaban J connectivity index is 0.00000242. The maximum atomic E-state index is 13.9. The van der Waals surface area contributed by atoms with E-state index in [0.29, 0.717) is 17.7 Å². The Morgan fingerprint density at radius 1 is 1.43 bits per heavy atom. The lowest BCUT2D eigenvalue weighted by atomic mass is 10.1. The smallest absolute Gasteiger partial charge is 0.273 e. The van der Waals surface area contributed by atoms with Crippen molar-refractivity contribution in [3.63, 3.8) is 0 Å². The van der Waals surface area contributed by atoms with Gasteiger partial charge in [0.25, 0.3) is 10.0 Å². The molecule has 0 aliphatic heterocycles. The van der Waals surface area contributed by atoms with E-state index in [9.17, 15) is 12.8 Å². The molecule has 2 rings (SSSR count). The third-order valence-corrected chi connectivity index (χ3v) is 5.53. The summed E-state index contributed by atoms with van der Waals surface area (Å²) in [6, 6.07) is 4.35. The molecule has 0 atom stereocenters. The van der Waals surface area contributed by atoms with Crippen molar-refractivity contribution in [2.75, 3.05) is 11.8 Å². The number of methoxy groups -OCH3 is 1. The van der Waals surface area contributed by atoms with E-state index in [1.54, 1.807) is 13.0 Å². The van der Waals surface area contributed by atoms with Crippen LogP contribution in [0.15, 0.2) is 22.4 Å². The van der Waals surface area contributed by atoms with Gasteiger partial charge < -0.3 is 4.74 Å². The van der Waals surface area contributed by atoms with Crippen LogP contribution in [0, 0.1) is 12.7 Å². The van der Waals surface area contributed by atoms with Crippen molar-refractivity contribution in [2.24, 2.45) is 0 Å². The number of rotatable bonds is 5. The average molecular weight is 332 g/mol. The van der Waals surface area contributed by atoms with Gasteiger partial charge in [0.1, 0.15) is 0 Å². The molecular weight excluding hydrogens is 315 g/mol. The standard InChI is InChI=1S/C13H15FN2O3S2.H2/c1-4-9-6-10(14)13(19-3)11(7-9)16-21(17,18)12-5-8(2)15-20-12;/h5-7,16H,4H2,1-3H3;1H. The van der Waals surface area contributed by atoms with Crippen molar-refractivity contribution in [2.45, 2.75) is 24.5 Å². The van der Waals surface area contributed by atoms with Gasteiger partial charge in [0.05, 0.1) is 18.5 Å². The van der Waals surface area contributed by atoms with Crippen LogP contribution in [-0.2, 0) is 16.4 Å². The first kappa shape index (κ1) is 15.7. The van der Waals surface area contributed by atoms with Gasteiger partial charge in [-0.1, -0.05) is 6.92 Å². The zero-order valence-electron chi connectivity index (χ0n) is 11.8. The fourth-order valence-electron chi connectivity index (χ4n) is 1.80. The summed E-state index contributed by atoms with van der Waals surface area (Å²) in [5.74, 6) is -0.730. The van der Waals surface area contributed by atoms with Gasteiger partial charge in [-0.25, -0.2) is 12.8 Å². The second kappa shape index (κ2) is 5.98. The minimum atomic E-state index is -3.81. The van der Waals surface area contributed by atoms with E-state index in [1.807, 2.05) is 6.92 Å². The maximum absolute atomic E-state index is 13.9. The second-order valence-corrected chi connectivity index (χ2v) is 7.12. The summed E-state index contributed by atoms with van der Waals surface area (Å²) >= 11 is 0.868. The molecule has 1 N–H and O–H groups in total. The Labute approximate surface area is 128 Å². The fourth-order valence-corrected chi connectivity index (χ4v) is 3.81. The molecule has 0 bridgehead atoms. The largest absolute Gasteiger partial charge is 0.492 e. The molecule has 116 valence electrons. The van der Waals surface area contributed by atoms with E-state index in [2.05, 4.69) is 9.10 Å². The monoisotopic (exact) mass is 332 g/mol. The molecule has 21 heavy (non-hydrogen) atoms. The lowest BCUT2D eigenvalue weighted by Gasteiger charge is -2.13. The molecule has 0 radical (unpaired) electrons. The van der Waals surface area contributed by atoms with Crippen LogP contribution in [0.3, 0.4) is 0 Å². The molecule has 8 heteroatoms. The molecule has 0 unspecified atom stereocenters.